The van der Waals surface area contributed by atoms with Gasteiger partial charge in [-0.15, -0.1) is 11.3 Å². The van der Waals surface area contributed by atoms with Gasteiger partial charge in [-0.05, 0) is 54.7 Å². The quantitative estimate of drug-likeness (QED) is 0.233. The van der Waals surface area contributed by atoms with Crippen molar-refractivity contribution in [1.29, 1.82) is 0 Å². The summed E-state index contributed by atoms with van der Waals surface area (Å²) >= 11 is 13.8. The van der Waals surface area contributed by atoms with Gasteiger partial charge in [-0.25, -0.2) is 9.18 Å². The number of ether oxygens (including phenoxy) is 1. The lowest BCUT2D eigenvalue weighted by atomic mass is 9.92. The number of thiophene rings is 1. The van der Waals surface area contributed by atoms with E-state index in [0.29, 0.717) is 28.4 Å². The van der Waals surface area contributed by atoms with E-state index in [1.807, 2.05) is 48.5 Å². The Morgan fingerprint density at radius 1 is 1.03 bits per heavy atom. The van der Waals surface area contributed by atoms with E-state index in [0.717, 1.165) is 27.1 Å². The van der Waals surface area contributed by atoms with Gasteiger partial charge in [0.25, 0.3) is 0 Å². The topological polar surface area (TPSA) is 75.6 Å². The van der Waals surface area contributed by atoms with Crippen molar-refractivity contribution in [3.8, 4) is 21.6 Å². The highest BCUT2D eigenvalue weighted by atomic mass is 35.5. The molecule has 1 aliphatic carbocycles. The molecule has 2 N–H and O–H groups in total. The fraction of sp³-hybridized carbons (Fsp3) is 0.172. The van der Waals surface area contributed by atoms with Crippen molar-refractivity contribution in [3.05, 3.63) is 99.1 Å². The van der Waals surface area contributed by atoms with Crippen LogP contribution in [0.15, 0.2) is 72.8 Å². The molecule has 1 atom stereocenters. The number of aliphatic carboxylic acids is 1. The van der Waals surface area contributed by atoms with Crippen LogP contribution in [0.5, 0.6) is 0 Å². The Morgan fingerprint density at radius 2 is 1.71 bits per heavy atom. The zero-order valence-electron chi connectivity index (χ0n) is 20.1. The van der Waals surface area contributed by atoms with Crippen LogP contribution < -0.4 is 5.32 Å². The Bertz CT molecular complexity index is 1530. The number of hydrogen-bond donors (Lipinski definition) is 2. The molecule has 1 saturated carbocycles. The lowest BCUT2D eigenvalue weighted by Crippen LogP contribution is -2.19. The van der Waals surface area contributed by atoms with E-state index in [9.17, 15) is 19.1 Å². The van der Waals surface area contributed by atoms with Gasteiger partial charge in [0.2, 0.25) is 0 Å². The molecule has 0 radical (unpaired) electrons. The first-order chi connectivity index (χ1) is 18.2. The number of hydrogen-bond acceptors (Lipinski definition) is 4. The first kappa shape index (κ1) is 26.2. The van der Waals surface area contributed by atoms with Crippen LogP contribution in [0.1, 0.15) is 37.0 Å². The van der Waals surface area contributed by atoms with Crippen molar-refractivity contribution >= 4 is 52.3 Å². The van der Waals surface area contributed by atoms with Gasteiger partial charge in [0.05, 0.1) is 25.3 Å². The summed E-state index contributed by atoms with van der Waals surface area (Å²) in [6.45, 7) is 1.65. The monoisotopic (exact) mass is 569 g/mol. The van der Waals surface area contributed by atoms with Gasteiger partial charge >= 0.3 is 12.1 Å². The molecule has 1 unspecified atom stereocenters. The number of rotatable bonds is 7. The molecule has 1 amide bonds. The summed E-state index contributed by atoms with van der Waals surface area (Å²) < 4.78 is 19.4. The van der Waals surface area contributed by atoms with Crippen LogP contribution >= 0.6 is 34.5 Å². The highest BCUT2D eigenvalue weighted by Crippen LogP contribution is 2.49. The average Bonchev–Trinajstić information content (AvgIpc) is 3.62. The third-order valence-corrected chi connectivity index (χ3v) is 8.33. The van der Waals surface area contributed by atoms with Crippen LogP contribution in [0.25, 0.3) is 21.6 Å². The third-order valence-electron chi connectivity index (χ3n) is 6.70. The Labute approximate surface area is 232 Å². The standard InChI is InChI=1S/C29H22Cl2FNO4S/c1-16(20-11-10-19(32)14-23(20)30)37-28(36)33-24-15-25(31)38-26(24)22-5-3-2-4-21(22)17-6-8-18(9-7-17)29(12-13-29)27(34)35/h2-11,14-16H,12-13H2,1H3,(H,33,36)(H,34,35). The molecule has 9 heteroatoms. The summed E-state index contributed by atoms with van der Waals surface area (Å²) in [6, 6.07) is 20.8. The maximum absolute atomic E-state index is 13.4. The number of nitrogens with one attached hydrogen (secondary N) is 1. The highest BCUT2D eigenvalue weighted by Gasteiger charge is 2.51. The van der Waals surface area contributed by atoms with Crippen LogP contribution in [-0.2, 0) is 14.9 Å². The Morgan fingerprint density at radius 3 is 2.34 bits per heavy atom. The summed E-state index contributed by atoms with van der Waals surface area (Å²) in [5.74, 6) is -1.27. The normalized spacial score (nSPS) is 14.5. The number of halogens is 3. The van der Waals surface area contributed by atoms with Gasteiger partial charge in [0.1, 0.15) is 11.9 Å². The van der Waals surface area contributed by atoms with E-state index in [2.05, 4.69) is 5.32 Å². The SMILES string of the molecule is CC(OC(=O)Nc1cc(Cl)sc1-c1ccccc1-c1ccc(C2(C(=O)O)CC2)cc1)c1ccc(F)cc1Cl. The highest BCUT2D eigenvalue weighted by molar-refractivity contribution is 7.20. The third kappa shape index (κ3) is 5.14. The molecule has 1 heterocycles. The van der Waals surface area contributed by atoms with Crippen molar-refractivity contribution in [2.45, 2.75) is 31.3 Å². The lowest BCUT2D eigenvalue weighted by Gasteiger charge is -2.16. The summed E-state index contributed by atoms with van der Waals surface area (Å²) in [7, 11) is 0. The van der Waals surface area contributed by atoms with Crippen molar-refractivity contribution in [2.75, 3.05) is 5.32 Å². The van der Waals surface area contributed by atoms with Crippen molar-refractivity contribution < 1.29 is 23.8 Å². The molecule has 38 heavy (non-hydrogen) atoms. The molecule has 0 saturated heterocycles. The Hall–Kier alpha value is -3.39. The molecule has 5 rings (SSSR count). The molecule has 1 aromatic heterocycles. The van der Waals surface area contributed by atoms with E-state index >= 15 is 0 Å². The largest absolute Gasteiger partial charge is 0.481 e. The smallest absolute Gasteiger partial charge is 0.412 e. The van der Waals surface area contributed by atoms with Gasteiger partial charge in [-0.1, -0.05) is 77.8 Å². The minimum atomic E-state index is -0.794. The van der Waals surface area contributed by atoms with Gasteiger partial charge < -0.3 is 9.84 Å². The van der Waals surface area contributed by atoms with E-state index in [1.165, 1.54) is 29.5 Å². The molecule has 0 bridgehead atoms. The zero-order chi connectivity index (χ0) is 27.0. The van der Waals surface area contributed by atoms with E-state index in [1.54, 1.807) is 13.0 Å². The second kappa shape index (κ2) is 10.4. The Balaban J connectivity index is 1.40. The number of benzene rings is 3. The average molecular weight is 570 g/mol. The number of carboxylic acid groups (broad SMARTS) is 1. The Kier molecular flexibility index (Phi) is 7.18. The van der Waals surface area contributed by atoms with Crippen molar-refractivity contribution in [2.24, 2.45) is 0 Å². The number of amides is 1. The summed E-state index contributed by atoms with van der Waals surface area (Å²) in [5.41, 5.74) is 3.65. The van der Waals surface area contributed by atoms with E-state index < -0.39 is 29.4 Å². The molecular weight excluding hydrogens is 548 g/mol. The number of anilines is 1. The molecule has 3 aromatic carbocycles. The van der Waals surface area contributed by atoms with Crippen molar-refractivity contribution in [3.63, 3.8) is 0 Å². The first-order valence-electron chi connectivity index (χ1n) is 11.8. The maximum atomic E-state index is 13.4. The predicted molar refractivity (Wildman–Crippen MR) is 149 cm³/mol. The van der Waals surface area contributed by atoms with Crippen LogP contribution in [0.3, 0.4) is 0 Å². The van der Waals surface area contributed by atoms with Gasteiger partial charge in [0, 0.05) is 11.1 Å². The van der Waals surface area contributed by atoms with Crippen molar-refractivity contribution in [1.82, 2.24) is 0 Å². The van der Waals surface area contributed by atoms with Crippen LogP contribution in [0.4, 0.5) is 14.9 Å². The molecule has 5 nitrogen and oxygen atoms in total. The molecule has 0 aliphatic heterocycles. The zero-order valence-corrected chi connectivity index (χ0v) is 22.5. The fourth-order valence-electron chi connectivity index (χ4n) is 4.50. The van der Waals surface area contributed by atoms with Gasteiger partial charge in [-0.3, -0.25) is 10.1 Å². The molecular formula is C29H22Cl2FNO4S. The number of carbonyl (C=O) groups is 2. The van der Waals surface area contributed by atoms with Gasteiger partial charge in [-0.2, -0.15) is 0 Å². The number of carboxylic acids is 1. The molecule has 194 valence electrons. The molecule has 0 spiro atoms. The second-order valence-electron chi connectivity index (χ2n) is 9.14. The van der Waals surface area contributed by atoms with Gasteiger partial charge in [0.15, 0.2) is 0 Å². The number of carbonyl (C=O) groups excluding carboxylic acids is 1. The summed E-state index contributed by atoms with van der Waals surface area (Å²) in [6.07, 6.45) is -0.141. The summed E-state index contributed by atoms with van der Waals surface area (Å²) in [5, 5.41) is 12.5. The van der Waals surface area contributed by atoms with E-state index in [-0.39, 0.29) is 5.02 Å². The minimum absolute atomic E-state index is 0.167. The first-order valence-corrected chi connectivity index (χ1v) is 13.4. The van der Waals surface area contributed by atoms with E-state index in [4.69, 9.17) is 27.9 Å². The van der Waals surface area contributed by atoms with Crippen LogP contribution in [0, 0.1) is 5.82 Å². The molecule has 1 aliphatic rings. The summed E-state index contributed by atoms with van der Waals surface area (Å²) in [4.78, 5) is 25.2. The second-order valence-corrected chi connectivity index (χ2v) is 11.2. The van der Waals surface area contributed by atoms with Crippen LogP contribution in [0.2, 0.25) is 9.36 Å². The molecule has 4 aromatic rings. The minimum Gasteiger partial charge on any atom is -0.481 e. The molecule has 1 fully saturated rings. The lowest BCUT2D eigenvalue weighted by molar-refractivity contribution is -0.140. The fourth-order valence-corrected chi connectivity index (χ4v) is 6.04. The predicted octanol–water partition coefficient (Wildman–Crippen LogP) is 8.95. The maximum Gasteiger partial charge on any atom is 0.412 e. The van der Waals surface area contributed by atoms with Crippen LogP contribution in [-0.4, -0.2) is 17.2 Å².